The number of carbonyl (C=O) groups excluding carboxylic acids is 1. The number of phenolic OH excluding ortho intramolecular Hbond substituents is 1. The zero-order chi connectivity index (χ0) is 9.68. The van der Waals surface area contributed by atoms with E-state index < -0.39 is 0 Å². The fraction of sp³-hybridized carbons (Fsp3) is 0.300. The van der Waals surface area contributed by atoms with Gasteiger partial charge in [-0.05, 0) is 30.7 Å². The Balaban J connectivity index is 0.00000169. The van der Waals surface area contributed by atoms with Crippen LogP contribution in [0, 0.1) is 0 Å². The van der Waals surface area contributed by atoms with Crippen molar-refractivity contribution >= 4 is 5.97 Å². The first-order chi connectivity index (χ1) is 6.24. The molecule has 4 heteroatoms. The molecule has 0 amide bonds. The quantitative estimate of drug-likeness (QED) is 0.727. The van der Waals surface area contributed by atoms with Gasteiger partial charge < -0.3 is 16.0 Å². The van der Waals surface area contributed by atoms with E-state index in [1.54, 1.807) is 0 Å². The van der Waals surface area contributed by atoms with E-state index in [0.717, 1.165) is 6.42 Å². The molecule has 0 fully saturated rings. The predicted octanol–water partition coefficient (Wildman–Crippen LogP) is 2.12. The van der Waals surface area contributed by atoms with Gasteiger partial charge >= 0.3 is 5.97 Å². The van der Waals surface area contributed by atoms with Crippen molar-refractivity contribution in [2.75, 3.05) is 6.61 Å². The largest absolute Gasteiger partial charge is 0.508 e. The Morgan fingerprint density at radius 2 is 1.93 bits per heavy atom. The monoisotopic (exact) mass is 197 g/mol. The highest BCUT2D eigenvalue weighted by atomic mass is 16.5. The third-order valence-electron chi connectivity index (χ3n) is 1.54. The van der Waals surface area contributed by atoms with Crippen molar-refractivity contribution in [1.29, 1.82) is 0 Å². The summed E-state index contributed by atoms with van der Waals surface area (Å²) in [6.45, 7) is 2.36. The van der Waals surface area contributed by atoms with Crippen molar-refractivity contribution in [2.24, 2.45) is 0 Å². The summed E-state index contributed by atoms with van der Waals surface area (Å²) in [6, 6.07) is 5.99. The Morgan fingerprint density at radius 1 is 1.36 bits per heavy atom. The second-order valence-electron chi connectivity index (χ2n) is 2.68. The SMILES string of the molecule is CCCOC(=O)c1ccc(O)cc1.N. The lowest BCUT2D eigenvalue weighted by Gasteiger charge is -2.02. The predicted molar refractivity (Wildman–Crippen MR) is 53.7 cm³/mol. The molecule has 0 unspecified atom stereocenters. The van der Waals surface area contributed by atoms with E-state index in [9.17, 15) is 4.79 Å². The van der Waals surface area contributed by atoms with E-state index in [1.807, 2.05) is 6.92 Å². The maximum absolute atomic E-state index is 11.2. The maximum Gasteiger partial charge on any atom is 0.338 e. The Morgan fingerprint density at radius 3 is 2.43 bits per heavy atom. The average Bonchev–Trinajstić information content (AvgIpc) is 2.15. The van der Waals surface area contributed by atoms with Crippen molar-refractivity contribution in [3.05, 3.63) is 29.8 Å². The van der Waals surface area contributed by atoms with Gasteiger partial charge in [0.05, 0.1) is 12.2 Å². The van der Waals surface area contributed by atoms with Gasteiger partial charge in [-0.2, -0.15) is 0 Å². The summed E-state index contributed by atoms with van der Waals surface area (Å²) < 4.78 is 4.90. The molecule has 0 bridgehead atoms. The molecule has 1 aromatic rings. The van der Waals surface area contributed by atoms with Crippen molar-refractivity contribution in [3.8, 4) is 5.75 Å². The summed E-state index contributed by atoms with van der Waals surface area (Å²) in [4.78, 5) is 11.2. The minimum atomic E-state index is -0.346. The summed E-state index contributed by atoms with van der Waals surface area (Å²) in [6.07, 6.45) is 0.809. The van der Waals surface area contributed by atoms with Crippen LogP contribution in [0.2, 0.25) is 0 Å². The summed E-state index contributed by atoms with van der Waals surface area (Å²) in [5, 5.41) is 8.96. The maximum atomic E-state index is 11.2. The Bertz CT molecular complexity index is 282. The Labute approximate surface area is 83.1 Å². The van der Waals surface area contributed by atoms with Gasteiger partial charge in [-0.3, -0.25) is 0 Å². The third kappa shape index (κ3) is 3.45. The number of carbonyl (C=O) groups is 1. The van der Waals surface area contributed by atoms with Gasteiger partial charge in [-0.15, -0.1) is 0 Å². The van der Waals surface area contributed by atoms with E-state index in [0.29, 0.717) is 12.2 Å². The minimum absolute atomic E-state index is 0. The molecule has 0 aliphatic carbocycles. The van der Waals surface area contributed by atoms with Gasteiger partial charge in [0.15, 0.2) is 0 Å². The molecule has 4 N–H and O–H groups in total. The van der Waals surface area contributed by atoms with E-state index >= 15 is 0 Å². The van der Waals surface area contributed by atoms with Gasteiger partial charge in [0.25, 0.3) is 0 Å². The Kier molecular flexibility index (Phi) is 5.33. The van der Waals surface area contributed by atoms with Crippen LogP contribution in [0.4, 0.5) is 0 Å². The highest BCUT2D eigenvalue weighted by Gasteiger charge is 2.05. The van der Waals surface area contributed by atoms with Crippen LogP contribution in [0.5, 0.6) is 5.75 Å². The topological polar surface area (TPSA) is 81.5 Å². The molecule has 78 valence electrons. The van der Waals surface area contributed by atoms with Gasteiger partial charge in [-0.25, -0.2) is 4.79 Å². The standard InChI is InChI=1S/C10H12O3.H3N/c1-2-7-13-10(12)8-3-5-9(11)6-4-8;/h3-6,11H,2,7H2,1H3;1H3. The van der Waals surface area contributed by atoms with Crippen LogP contribution in [0.1, 0.15) is 23.7 Å². The molecule has 0 aliphatic rings. The summed E-state index contributed by atoms with van der Waals surface area (Å²) in [7, 11) is 0. The van der Waals surface area contributed by atoms with Crippen LogP contribution >= 0.6 is 0 Å². The zero-order valence-corrected chi connectivity index (χ0v) is 8.19. The van der Waals surface area contributed by atoms with Gasteiger partial charge in [0.2, 0.25) is 0 Å². The van der Waals surface area contributed by atoms with Crippen LogP contribution in [0.15, 0.2) is 24.3 Å². The van der Waals surface area contributed by atoms with Crippen LogP contribution in [0.25, 0.3) is 0 Å². The molecule has 0 atom stereocenters. The number of esters is 1. The molecule has 14 heavy (non-hydrogen) atoms. The van der Waals surface area contributed by atoms with Crippen molar-refractivity contribution in [1.82, 2.24) is 6.15 Å². The summed E-state index contributed by atoms with van der Waals surface area (Å²) in [5.74, 6) is -0.200. The minimum Gasteiger partial charge on any atom is -0.508 e. The van der Waals surface area contributed by atoms with Crippen molar-refractivity contribution < 1.29 is 14.6 Å². The summed E-state index contributed by atoms with van der Waals surface area (Å²) >= 11 is 0. The number of hydrogen-bond acceptors (Lipinski definition) is 4. The van der Waals surface area contributed by atoms with Crippen LogP contribution in [0.3, 0.4) is 0 Å². The van der Waals surface area contributed by atoms with E-state index in [2.05, 4.69) is 0 Å². The van der Waals surface area contributed by atoms with Crippen LogP contribution < -0.4 is 6.15 Å². The van der Waals surface area contributed by atoms with E-state index in [-0.39, 0.29) is 17.9 Å². The molecule has 0 radical (unpaired) electrons. The molecule has 0 saturated carbocycles. The molecule has 0 spiro atoms. The number of ether oxygens (including phenoxy) is 1. The molecular formula is C10H15NO3. The molecule has 0 aromatic heterocycles. The molecule has 4 nitrogen and oxygen atoms in total. The lowest BCUT2D eigenvalue weighted by Crippen LogP contribution is -2.05. The second-order valence-corrected chi connectivity index (χ2v) is 2.68. The first kappa shape index (κ1) is 12.4. The normalized spacial score (nSPS) is 8.93. The fourth-order valence-corrected chi connectivity index (χ4v) is 0.876. The fourth-order valence-electron chi connectivity index (χ4n) is 0.876. The molecule has 0 aliphatic heterocycles. The first-order valence-electron chi connectivity index (χ1n) is 4.20. The molecule has 1 aromatic carbocycles. The molecular weight excluding hydrogens is 182 g/mol. The van der Waals surface area contributed by atoms with E-state index in [1.165, 1.54) is 24.3 Å². The van der Waals surface area contributed by atoms with Crippen LogP contribution in [-0.2, 0) is 4.74 Å². The number of aromatic hydroxyl groups is 1. The van der Waals surface area contributed by atoms with Gasteiger partial charge in [0, 0.05) is 0 Å². The number of rotatable bonds is 3. The molecule has 0 saturated heterocycles. The van der Waals surface area contributed by atoms with Crippen molar-refractivity contribution in [2.45, 2.75) is 13.3 Å². The first-order valence-corrected chi connectivity index (χ1v) is 4.20. The smallest absolute Gasteiger partial charge is 0.338 e. The second kappa shape index (κ2) is 5.99. The van der Waals surface area contributed by atoms with Gasteiger partial charge in [0.1, 0.15) is 5.75 Å². The van der Waals surface area contributed by atoms with Crippen molar-refractivity contribution in [3.63, 3.8) is 0 Å². The lowest BCUT2D eigenvalue weighted by molar-refractivity contribution is 0.0505. The summed E-state index contributed by atoms with van der Waals surface area (Å²) in [5.41, 5.74) is 0.464. The zero-order valence-electron chi connectivity index (χ0n) is 8.19. The third-order valence-corrected chi connectivity index (χ3v) is 1.54. The average molecular weight is 197 g/mol. The van der Waals surface area contributed by atoms with Gasteiger partial charge in [-0.1, -0.05) is 6.92 Å². The molecule has 0 heterocycles. The lowest BCUT2D eigenvalue weighted by atomic mass is 10.2. The van der Waals surface area contributed by atoms with E-state index in [4.69, 9.17) is 9.84 Å². The number of hydrogen-bond donors (Lipinski definition) is 2. The highest BCUT2D eigenvalue weighted by Crippen LogP contribution is 2.10. The number of benzene rings is 1. The Hall–Kier alpha value is -1.55. The van der Waals surface area contributed by atoms with Crippen LogP contribution in [-0.4, -0.2) is 17.7 Å². The molecule has 1 rings (SSSR count). The number of phenols is 1. The highest BCUT2D eigenvalue weighted by molar-refractivity contribution is 5.89.